The number of nitrogens with zero attached hydrogens (tertiary/aromatic N) is 3. The fraction of sp³-hybridized carbons (Fsp3) is 0.167. The number of aromatic nitrogens is 2. The van der Waals surface area contributed by atoms with Crippen LogP contribution in [0.4, 0.5) is 0 Å². The van der Waals surface area contributed by atoms with Crippen LogP contribution >= 0.6 is 23.4 Å². The van der Waals surface area contributed by atoms with Crippen molar-refractivity contribution < 1.29 is 9.59 Å². The van der Waals surface area contributed by atoms with Crippen molar-refractivity contribution in [3.63, 3.8) is 0 Å². The molecule has 0 saturated heterocycles. The Morgan fingerprint density at radius 2 is 1.56 bits per heavy atom. The second kappa shape index (κ2) is 9.54. The summed E-state index contributed by atoms with van der Waals surface area (Å²) in [6.07, 6.45) is 0. The van der Waals surface area contributed by atoms with Crippen LogP contribution < -0.4 is 5.32 Å². The van der Waals surface area contributed by atoms with Gasteiger partial charge >= 0.3 is 0 Å². The summed E-state index contributed by atoms with van der Waals surface area (Å²) in [6.45, 7) is 4.32. The molecule has 8 heteroatoms. The van der Waals surface area contributed by atoms with E-state index < -0.39 is 0 Å². The highest BCUT2D eigenvalue weighted by atomic mass is 35.5. The standard InChI is InChI=1S/C24H21ClN4O2S/c1-15-12-16(2)28-24(27-15)32-21-20(26-13-17-6-4-3-5-7-17)22(30)29(23(21)31)14-18-8-10-19(25)11-9-18/h3-12,26H,13-14H2,1-2H3. The van der Waals surface area contributed by atoms with Crippen molar-refractivity contribution in [1.29, 1.82) is 0 Å². The lowest BCUT2D eigenvalue weighted by atomic mass is 10.2. The lowest BCUT2D eigenvalue weighted by molar-refractivity contribution is -0.138. The molecule has 2 amide bonds. The molecule has 2 aromatic carbocycles. The Balaban J connectivity index is 1.63. The maximum absolute atomic E-state index is 13.3. The average Bonchev–Trinajstić information content (AvgIpc) is 2.98. The number of carbonyl (C=O) groups excluding carboxylic acids is 2. The van der Waals surface area contributed by atoms with Crippen molar-refractivity contribution in [2.24, 2.45) is 0 Å². The summed E-state index contributed by atoms with van der Waals surface area (Å²) < 4.78 is 0. The van der Waals surface area contributed by atoms with Crippen molar-refractivity contribution in [3.8, 4) is 0 Å². The molecule has 0 spiro atoms. The van der Waals surface area contributed by atoms with Crippen LogP contribution in [0.15, 0.2) is 76.4 Å². The van der Waals surface area contributed by atoms with Gasteiger partial charge in [-0.2, -0.15) is 0 Å². The third-order valence-corrected chi connectivity index (χ3v) is 6.05. The molecule has 1 aliphatic rings. The number of amides is 2. The van der Waals surface area contributed by atoms with Gasteiger partial charge in [0.2, 0.25) is 0 Å². The van der Waals surface area contributed by atoms with Crippen molar-refractivity contribution in [3.05, 3.63) is 98.8 Å². The average molecular weight is 465 g/mol. The highest BCUT2D eigenvalue weighted by Crippen LogP contribution is 2.34. The van der Waals surface area contributed by atoms with Crippen molar-refractivity contribution in [2.75, 3.05) is 0 Å². The third-order valence-electron chi connectivity index (χ3n) is 4.85. The Morgan fingerprint density at radius 1 is 0.906 bits per heavy atom. The first-order valence-electron chi connectivity index (χ1n) is 10.0. The van der Waals surface area contributed by atoms with E-state index in [1.165, 1.54) is 4.90 Å². The van der Waals surface area contributed by atoms with E-state index in [0.29, 0.717) is 21.6 Å². The number of rotatable bonds is 7. The fourth-order valence-corrected chi connectivity index (χ4v) is 4.48. The predicted octanol–water partition coefficient (Wildman–Crippen LogP) is 4.41. The Morgan fingerprint density at radius 3 is 2.22 bits per heavy atom. The maximum Gasteiger partial charge on any atom is 0.278 e. The number of thioether (sulfide) groups is 1. The van der Waals surface area contributed by atoms with E-state index in [2.05, 4.69) is 15.3 Å². The molecule has 0 saturated carbocycles. The van der Waals surface area contributed by atoms with Crippen LogP contribution in [-0.2, 0) is 22.7 Å². The van der Waals surface area contributed by atoms with E-state index in [4.69, 9.17) is 11.6 Å². The van der Waals surface area contributed by atoms with Gasteiger partial charge in [0.1, 0.15) is 10.6 Å². The van der Waals surface area contributed by atoms with Crippen molar-refractivity contribution in [2.45, 2.75) is 32.1 Å². The number of hydrogen-bond acceptors (Lipinski definition) is 6. The maximum atomic E-state index is 13.3. The minimum atomic E-state index is -0.368. The predicted molar refractivity (Wildman–Crippen MR) is 125 cm³/mol. The van der Waals surface area contributed by atoms with Gasteiger partial charge in [0.25, 0.3) is 11.8 Å². The molecule has 1 aromatic heterocycles. The number of carbonyl (C=O) groups is 2. The highest BCUT2D eigenvalue weighted by Gasteiger charge is 2.39. The van der Waals surface area contributed by atoms with Gasteiger partial charge < -0.3 is 5.32 Å². The van der Waals surface area contributed by atoms with Crippen LogP contribution in [0.1, 0.15) is 22.5 Å². The molecular formula is C24H21ClN4O2S. The summed E-state index contributed by atoms with van der Waals surface area (Å²) in [5.41, 5.74) is 3.68. The minimum Gasteiger partial charge on any atom is -0.375 e. The monoisotopic (exact) mass is 464 g/mol. The number of aryl methyl sites for hydroxylation is 2. The lowest BCUT2D eigenvalue weighted by Crippen LogP contribution is -2.33. The smallest absolute Gasteiger partial charge is 0.278 e. The molecule has 0 unspecified atom stereocenters. The zero-order valence-electron chi connectivity index (χ0n) is 17.6. The first-order valence-corrected chi connectivity index (χ1v) is 11.2. The van der Waals surface area contributed by atoms with Gasteiger partial charge in [-0.3, -0.25) is 14.5 Å². The zero-order valence-corrected chi connectivity index (χ0v) is 19.2. The highest BCUT2D eigenvalue weighted by molar-refractivity contribution is 8.04. The van der Waals surface area contributed by atoms with Gasteiger partial charge in [-0.25, -0.2) is 9.97 Å². The molecule has 0 aliphatic carbocycles. The van der Waals surface area contributed by atoms with Crippen LogP contribution in [0.5, 0.6) is 0 Å². The Labute approximate surface area is 195 Å². The summed E-state index contributed by atoms with van der Waals surface area (Å²) in [5, 5.41) is 4.21. The molecule has 32 heavy (non-hydrogen) atoms. The Hall–Kier alpha value is -3.16. The lowest BCUT2D eigenvalue weighted by Gasteiger charge is -2.15. The molecule has 1 N–H and O–H groups in total. The first kappa shape index (κ1) is 22.0. The number of nitrogens with one attached hydrogen (secondary N) is 1. The topological polar surface area (TPSA) is 75.2 Å². The van der Waals surface area contributed by atoms with Gasteiger partial charge in [0, 0.05) is 23.0 Å². The number of hydrogen-bond donors (Lipinski definition) is 1. The van der Waals surface area contributed by atoms with Gasteiger partial charge in [0.05, 0.1) is 6.54 Å². The zero-order chi connectivity index (χ0) is 22.7. The van der Waals surface area contributed by atoms with Crippen LogP contribution in [0.25, 0.3) is 0 Å². The van der Waals surface area contributed by atoms with E-state index in [0.717, 1.165) is 34.3 Å². The molecule has 162 valence electrons. The largest absolute Gasteiger partial charge is 0.375 e. The molecule has 6 nitrogen and oxygen atoms in total. The van der Waals surface area contributed by atoms with E-state index in [-0.39, 0.29) is 24.1 Å². The first-order chi connectivity index (χ1) is 15.4. The number of benzene rings is 2. The Kier molecular flexibility index (Phi) is 6.58. The molecule has 4 rings (SSSR count). The molecule has 0 atom stereocenters. The normalized spacial score (nSPS) is 13.8. The van der Waals surface area contributed by atoms with Crippen LogP contribution in [-0.4, -0.2) is 26.7 Å². The van der Waals surface area contributed by atoms with Crippen LogP contribution in [0.2, 0.25) is 5.02 Å². The Bertz CT molecular complexity index is 1180. The second-order valence-electron chi connectivity index (χ2n) is 7.40. The van der Waals surface area contributed by atoms with Crippen molar-refractivity contribution in [1.82, 2.24) is 20.2 Å². The van der Waals surface area contributed by atoms with E-state index in [1.807, 2.05) is 50.2 Å². The van der Waals surface area contributed by atoms with E-state index >= 15 is 0 Å². The second-order valence-corrected chi connectivity index (χ2v) is 8.82. The molecule has 0 fully saturated rings. The quantitative estimate of drug-likeness (QED) is 0.412. The molecule has 1 aliphatic heterocycles. The van der Waals surface area contributed by atoms with Gasteiger partial charge in [-0.1, -0.05) is 54.1 Å². The van der Waals surface area contributed by atoms with Gasteiger partial charge in [-0.05, 0) is 54.9 Å². The van der Waals surface area contributed by atoms with E-state index in [9.17, 15) is 9.59 Å². The SMILES string of the molecule is Cc1cc(C)nc(SC2=C(NCc3ccccc3)C(=O)N(Cc3ccc(Cl)cc3)C2=O)n1. The number of halogens is 1. The summed E-state index contributed by atoms with van der Waals surface area (Å²) in [5.74, 6) is -0.735. The fourth-order valence-electron chi connectivity index (χ4n) is 3.34. The van der Waals surface area contributed by atoms with E-state index in [1.54, 1.807) is 24.3 Å². The third kappa shape index (κ3) is 5.00. The molecule has 0 bridgehead atoms. The summed E-state index contributed by atoms with van der Waals surface area (Å²) >= 11 is 7.08. The summed E-state index contributed by atoms with van der Waals surface area (Å²) in [7, 11) is 0. The number of imide groups is 1. The van der Waals surface area contributed by atoms with Gasteiger partial charge in [-0.15, -0.1) is 0 Å². The molecular weight excluding hydrogens is 444 g/mol. The van der Waals surface area contributed by atoms with Crippen molar-refractivity contribution >= 4 is 35.2 Å². The minimum absolute atomic E-state index is 0.156. The van der Waals surface area contributed by atoms with Gasteiger partial charge in [0.15, 0.2) is 5.16 Å². The summed E-state index contributed by atoms with van der Waals surface area (Å²) in [6, 6.07) is 18.7. The molecule has 2 heterocycles. The van der Waals surface area contributed by atoms with Crippen LogP contribution in [0.3, 0.4) is 0 Å². The summed E-state index contributed by atoms with van der Waals surface area (Å²) in [4.78, 5) is 36.9. The molecule has 3 aromatic rings. The molecule has 0 radical (unpaired) electrons. The van der Waals surface area contributed by atoms with Crippen LogP contribution in [0, 0.1) is 13.8 Å².